The quantitative estimate of drug-likeness (QED) is 0.487. The van der Waals surface area contributed by atoms with Crippen LogP contribution >= 0.6 is 0 Å². The number of para-hydroxylation sites is 2. The summed E-state index contributed by atoms with van der Waals surface area (Å²) in [4.78, 5) is 4.06. The Balaban J connectivity index is 0. The van der Waals surface area contributed by atoms with Gasteiger partial charge in [-0.2, -0.15) is 0 Å². The highest BCUT2D eigenvalue weighted by Gasteiger charge is 1.89. The number of rotatable bonds is 1. The number of aliphatic imine (C=N–C) groups is 1. The van der Waals surface area contributed by atoms with Crippen molar-refractivity contribution in [2.24, 2.45) is 4.99 Å². The zero-order valence-electron chi connectivity index (χ0n) is 5.91. The van der Waals surface area contributed by atoms with Crippen molar-refractivity contribution in [3.05, 3.63) is 24.3 Å². The molecule has 0 saturated carbocycles. The van der Waals surface area contributed by atoms with E-state index in [4.69, 9.17) is 5.73 Å². The lowest BCUT2D eigenvalue weighted by Gasteiger charge is -1.95. The van der Waals surface area contributed by atoms with Gasteiger partial charge >= 0.3 is 0 Å². The van der Waals surface area contributed by atoms with Gasteiger partial charge in [0.05, 0.1) is 11.4 Å². The Hall–Kier alpha value is -1.31. The van der Waals surface area contributed by atoms with E-state index in [1.807, 2.05) is 31.2 Å². The Morgan fingerprint density at radius 1 is 1.45 bits per heavy atom. The van der Waals surface area contributed by atoms with Crippen LogP contribution in [0.25, 0.3) is 0 Å². The lowest BCUT2D eigenvalue weighted by Crippen LogP contribution is -1.83. The highest BCUT2D eigenvalue weighted by molar-refractivity contribution is 5.69. The minimum absolute atomic E-state index is 0. The fraction of sp³-hybridized carbons (Fsp3) is 0.222. The number of anilines is 1. The molecule has 62 valence electrons. The fourth-order valence-electron chi connectivity index (χ4n) is 0.744. The van der Waals surface area contributed by atoms with Gasteiger partial charge in [-0.15, -0.1) is 0 Å². The van der Waals surface area contributed by atoms with E-state index in [0.29, 0.717) is 0 Å². The third kappa shape index (κ3) is 2.42. The fourth-order valence-corrected chi connectivity index (χ4v) is 0.744. The van der Waals surface area contributed by atoms with Crippen LogP contribution in [0.2, 0.25) is 0 Å². The van der Waals surface area contributed by atoms with Gasteiger partial charge in [-0.05, 0) is 19.1 Å². The van der Waals surface area contributed by atoms with Crippen LogP contribution in [0.1, 0.15) is 15.8 Å². The predicted molar refractivity (Wildman–Crippen MR) is 53.5 cm³/mol. The molecule has 0 atom stereocenters. The van der Waals surface area contributed by atoms with Crippen LogP contribution < -0.4 is 5.73 Å². The van der Waals surface area contributed by atoms with E-state index in [9.17, 15) is 0 Å². The van der Waals surface area contributed by atoms with Crippen LogP contribution in [0.4, 0.5) is 11.4 Å². The summed E-state index contributed by atoms with van der Waals surface area (Å²) < 4.78 is 0. The molecule has 0 bridgehead atoms. The van der Waals surface area contributed by atoms with Crippen LogP contribution in [0.5, 0.6) is 0 Å². The number of hydrogen-bond acceptors (Lipinski definition) is 2. The van der Waals surface area contributed by atoms with Crippen LogP contribution in [0, 0.1) is 0 Å². The SMILES string of the molecule is C.CC=Nc1ccccc1N.[HH]. The zero-order valence-corrected chi connectivity index (χ0v) is 5.91. The van der Waals surface area contributed by atoms with Crippen molar-refractivity contribution >= 4 is 17.6 Å². The second kappa shape index (κ2) is 4.50. The second-order valence-electron chi connectivity index (χ2n) is 1.95. The molecule has 1 rings (SSSR count). The molecule has 0 unspecified atom stereocenters. The van der Waals surface area contributed by atoms with Gasteiger partial charge in [0.25, 0.3) is 0 Å². The van der Waals surface area contributed by atoms with Crippen molar-refractivity contribution in [1.29, 1.82) is 0 Å². The van der Waals surface area contributed by atoms with E-state index in [2.05, 4.69) is 4.99 Å². The molecule has 0 aliphatic heterocycles. The molecular weight excluding hydrogens is 136 g/mol. The van der Waals surface area contributed by atoms with Crippen LogP contribution in [-0.4, -0.2) is 6.21 Å². The van der Waals surface area contributed by atoms with Crippen LogP contribution in [0.15, 0.2) is 29.3 Å². The van der Waals surface area contributed by atoms with E-state index in [1.54, 1.807) is 6.21 Å². The summed E-state index contributed by atoms with van der Waals surface area (Å²) in [5, 5.41) is 0. The van der Waals surface area contributed by atoms with Gasteiger partial charge in [0.1, 0.15) is 0 Å². The smallest absolute Gasteiger partial charge is 0.0854 e. The third-order valence-electron chi connectivity index (χ3n) is 1.20. The maximum absolute atomic E-state index is 5.59. The van der Waals surface area contributed by atoms with E-state index >= 15 is 0 Å². The molecule has 2 heteroatoms. The molecule has 0 saturated heterocycles. The third-order valence-corrected chi connectivity index (χ3v) is 1.20. The minimum Gasteiger partial charge on any atom is -0.397 e. The average molecular weight is 152 g/mol. The van der Waals surface area contributed by atoms with E-state index in [1.165, 1.54) is 0 Å². The first-order valence-corrected chi connectivity index (χ1v) is 3.18. The Labute approximate surface area is 69.3 Å². The molecule has 0 spiro atoms. The van der Waals surface area contributed by atoms with Crippen molar-refractivity contribution in [1.82, 2.24) is 0 Å². The molecule has 2 N–H and O–H groups in total. The molecular formula is C9H16N2. The molecule has 0 aromatic heterocycles. The summed E-state index contributed by atoms with van der Waals surface area (Å²) in [5.41, 5.74) is 7.15. The zero-order chi connectivity index (χ0) is 7.40. The summed E-state index contributed by atoms with van der Waals surface area (Å²) in [7, 11) is 0. The van der Waals surface area contributed by atoms with Gasteiger partial charge < -0.3 is 5.73 Å². The first-order chi connectivity index (χ1) is 4.84. The van der Waals surface area contributed by atoms with Crippen molar-refractivity contribution in [2.45, 2.75) is 14.4 Å². The Bertz CT molecular complexity index is 246. The Morgan fingerprint density at radius 3 is 2.64 bits per heavy atom. The molecule has 1 aromatic rings. The predicted octanol–water partition coefficient (Wildman–Crippen LogP) is 2.87. The molecule has 0 heterocycles. The number of nitrogens with zero attached hydrogens (tertiary/aromatic N) is 1. The molecule has 11 heavy (non-hydrogen) atoms. The van der Waals surface area contributed by atoms with Crippen molar-refractivity contribution in [2.75, 3.05) is 5.73 Å². The topological polar surface area (TPSA) is 38.4 Å². The van der Waals surface area contributed by atoms with Crippen molar-refractivity contribution in [3.63, 3.8) is 0 Å². The Morgan fingerprint density at radius 2 is 2.09 bits per heavy atom. The lowest BCUT2D eigenvalue weighted by atomic mass is 10.3. The van der Waals surface area contributed by atoms with E-state index in [-0.39, 0.29) is 8.85 Å². The van der Waals surface area contributed by atoms with Gasteiger partial charge in [0.2, 0.25) is 0 Å². The highest BCUT2D eigenvalue weighted by Crippen LogP contribution is 2.19. The van der Waals surface area contributed by atoms with Gasteiger partial charge in [-0.3, -0.25) is 4.99 Å². The number of benzene rings is 1. The molecule has 0 amide bonds. The maximum Gasteiger partial charge on any atom is 0.0854 e. The van der Waals surface area contributed by atoms with Gasteiger partial charge in [-0.1, -0.05) is 19.6 Å². The number of nitrogens with two attached hydrogens (primary N) is 1. The monoisotopic (exact) mass is 152 g/mol. The molecule has 1 aromatic carbocycles. The molecule has 0 aliphatic rings. The van der Waals surface area contributed by atoms with Gasteiger partial charge in [0.15, 0.2) is 0 Å². The van der Waals surface area contributed by atoms with E-state index < -0.39 is 0 Å². The largest absolute Gasteiger partial charge is 0.397 e. The normalized spacial score (nSPS) is 9.55. The van der Waals surface area contributed by atoms with Crippen LogP contribution in [-0.2, 0) is 0 Å². The Kier molecular flexibility index (Phi) is 3.96. The summed E-state index contributed by atoms with van der Waals surface area (Å²) in [6, 6.07) is 7.53. The van der Waals surface area contributed by atoms with Gasteiger partial charge in [0, 0.05) is 7.64 Å². The lowest BCUT2D eigenvalue weighted by molar-refractivity contribution is 1.52. The first-order valence-electron chi connectivity index (χ1n) is 3.18. The summed E-state index contributed by atoms with van der Waals surface area (Å²) in [6.45, 7) is 1.87. The summed E-state index contributed by atoms with van der Waals surface area (Å²) in [5.74, 6) is 0. The van der Waals surface area contributed by atoms with Crippen LogP contribution in [0.3, 0.4) is 0 Å². The first kappa shape index (κ1) is 9.69. The molecule has 2 nitrogen and oxygen atoms in total. The van der Waals surface area contributed by atoms with Gasteiger partial charge in [-0.25, -0.2) is 0 Å². The minimum atomic E-state index is 0. The number of hydrogen-bond donors (Lipinski definition) is 1. The second-order valence-corrected chi connectivity index (χ2v) is 1.95. The molecule has 0 aliphatic carbocycles. The van der Waals surface area contributed by atoms with E-state index in [0.717, 1.165) is 11.4 Å². The standard InChI is InChI=1S/C8H10N2.CH4.H2/c1-2-10-8-6-4-3-5-7(8)9;;/h2-6H,9H2,1H3;1H4;1H. The molecule has 0 radical (unpaired) electrons. The van der Waals surface area contributed by atoms with Crippen molar-refractivity contribution in [3.8, 4) is 0 Å². The summed E-state index contributed by atoms with van der Waals surface area (Å²) in [6.07, 6.45) is 1.73. The molecule has 0 fully saturated rings. The maximum atomic E-state index is 5.59. The average Bonchev–Trinajstić information content (AvgIpc) is 1.94. The summed E-state index contributed by atoms with van der Waals surface area (Å²) >= 11 is 0. The van der Waals surface area contributed by atoms with Crippen molar-refractivity contribution < 1.29 is 1.43 Å². The number of nitrogen functional groups attached to an aromatic ring is 1. The highest BCUT2D eigenvalue weighted by atomic mass is 14.8.